The lowest BCUT2D eigenvalue weighted by molar-refractivity contribution is -0.143. The number of aromatic nitrogens is 1. The normalized spacial score (nSPS) is 14.7. The van der Waals surface area contributed by atoms with Gasteiger partial charge in [0.1, 0.15) is 0 Å². The molecule has 1 fully saturated rings. The number of fused-ring (bicyclic) bond motifs is 1. The van der Waals surface area contributed by atoms with Gasteiger partial charge in [-0.1, -0.05) is 103 Å². The highest BCUT2D eigenvalue weighted by atomic mass is 16.5. The minimum Gasteiger partial charge on any atom is -0.466 e. The van der Waals surface area contributed by atoms with Crippen molar-refractivity contribution in [1.82, 2.24) is 5.16 Å². The highest BCUT2D eigenvalue weighted by Crippen LogP contribution is 2.51. The Morgan fingerprint density at radius 1 is 0.900 bits per heavy atom. The fourth-order valence-electron chi connectivity index (χ4n) is 5.83. The van der Waals surface area contributed by atoms with Crippen LogP contribution >= 0.6 is 0 Å². The van der Waals surface area contributed by atoms with Crippen molar-refractivity contribution in [3.8, 4) is 22.5 Å². The van der Waals surface area contributed by atoms with E-state index in [0.29, 0.717) is 18.9 Å². The molecule has 0 bridgehead atoms. The van der Waals surface area contributed by atoms with E-state index in [4.69, 9.17) is 9.26 Å². The van der Waals surface area contributed by atoms with Crippen LogP contribution in [0.4, 0.5) is 0 Å². The fraction of sp³-hybridized carbons (Fsp3) is 0.278. The summed E-state index contributed by atoms with van der Waals surface area (Å²) in [6, 6.07) is 32.4. The number of hydrogen-bond acceptors (Lipinski definition) is 4. The van der Waals surface area contributed by atoms with Gasteiger partial charge in [0.25, 0.3) is 0 Å². The smallest absolute Gasteiger partial charge is 0.306 e. The van der Waals surface area contributed by atoms with Crippen LogP contribution in [0.1, 0.15) is 61.4 Å². The van der Waals surface area contributed by atoms with Crippen LogP contribution in [0.3, 0.4) is 0 Å². The molecule has 0 N–H and O–H groups in total. The second-order valence-electron chi connectivity index (χ2n) is 11.2. The molecule has 1 atom stereocenters. The molecule has 1 unspecified atom stereocenters. The minimum atomic E-state index is -0.103. The molecule has 1 aromatic heterocycles. The van der Waals surface area contributed by atoms with Gasteiger partial charge in [0.15, 0.2) is 5.76 Å². The molecule has 202 valence electrons. The summed E-state index contributed by atoms with van der Waals surface area (Å²) >= 11 is 0. The van der Waals surface area contributed by atoms with Crippen molar-refractivity contribution in [2.75, 3.05) is 6.61 Å². The maximum absolute atomic E-state index is 12.1. The summed E-state index contributed by atoms with van der Waals surface area (Å²) in [7, 11) is 0. The summed E-state index contributed by atoms with van der Waals surface area (Å²) in [5.41, 5.74) is 7.94. The summed E-state index contributed by atoms with van der Waals surface area (Å²) in [4.78, 5) is 12.1. The average Bonchev–Trinajstić information content (AvgIpc) is 3.68. The zero-order chi connectivity index (χ0) is 27.7. The molecule has 0 radical (unpaired) electrons. The molecule has 5 aromatic rings. The van der Waals surface area contributed by atoms with Crippen molar-refractivity contribution in [1.29, 1.82) is 0 Å². The number of carbonyl (C=O) groups is 1. The summed E-state index contributed by atoms with van der Waals surface area (Å²) in [6.45, 7) is 6.59. The average molecular weight is 530 g/mol. The maximum atomic E-state index is 12.1. The van der Waals surface area contributed by atoms with Gasteiger partial charge >= 0.3 is 5.97 Å². The third-order valence-corrected chi connectivity index (χ3v) is 8.46. The Kier molecular flexibility index (Phi) is 7.02. The van der Waals surface area contributed by atoms with E-state index in [1.165, 1.54) is 21.9 Å². The van der Waals surface area contributed by atoms with E-state index in [-0.39, 0.29) is 11.4 Å². The largest absolute Gasteiger partial charge is 0.466 e. The molecule has 1 saturated carbocycles. The first-order valence-electron chi connectivity index (χ1n) is 14.3. The molecule has 4 aromatic carbocycles. The van der Waals surface area contributed by atoms with Crippen molar-refractivity contribution in [2.24, 2.45) is 0 Å². The van der Waals surface area contributed by atoms with Gasteiger partial charge in [0.05, 0.1) is 18.7 Å². The van der Waals surface area contributed by atoms with Crippen LogP contribution in [0.5, 0.6) is 0 Å². The number of hydrogen-bond donors (Lipinski definition) is 0. The first-order chi connectivity index (χ1) is 19.5. The van der Waals surface area contributed by atoms with Crippen molar-refractivity contribution >= 4 is 16.7 Å². The van der Waals surface area contributed by atoms with Gasteiger partial charge in [-0.2, -0.15) is 0 Å². The number of carbonyl (C=O) groups excluding carboxylic acids is 1. The molecule has 4 heteroatoms. The predicted octanol–water partition coefficient (Wildman–Crippen LogP) is 8.80. The quantitative estimate of drug-likeness (QED) is 0.179. The van der Waals surface area contributed by atoms with Crippen LogP contribution < -0.4 is 0 Å². The van der Waals surface area contributed by atoms with Crippen molar-refractivity contribution in [2.45, 2.75) is 57.8 Å². The number of esters is 1. The monoisotopic (exact) mass is 529 g/mol. The molecule has 6 rings (SSSR count). The Balaban J connectivity index is 1.18. The summed E-state index contributed by atoms with van der Waals surface area (Å²) in [5, 5.41) is 6.86. The van der Waals surface area contributed by atoms with Gasteiger partial charge in [-0.15, -0.1) is 0 Å². The molecule has 1 aliphatic carbocycles. The first-order valence-corrected chi connectivity index (χ1v) is 14.3. The van der Waals surface area contributed by atoms with Crippen molar-refractivity contribution in [3.05, 3.63) is 113 Å². The van der Waals surface area contributed by atoms with Crippen LogP contribution in [0.15, 0.2) is 95.5 Å². The van der Waals surface area contributed by atoms with Gasteiger partial charge < -0.3 is 9.26 Å². The van der Waals surface area contributed by atoms with Crippen LogP contribution in [0.2, 0.25) is 0 Å². The molecular formula is C36H35NO3. The highest BCUT2D eigenvalue weighted by Gasteiger charge is 2.46. The fourth-order valence-corrected chi connectivity index (χ4v) is 5.83. The van der Waals surface area contributed by atoms with Crippen molar-refractivity contribution in [3.63, 3.8) is 0 Å². The third-order valence-electron chi connectivity index (χ3n) is 8.46. The lowest BCUT2D eigenvalue weighted by Gasteiger charge is -2.15. The summed E-state index contributed by atoms with van der Waals surface area (Å²) in [6.07, 6.45) is 3.41. The lowest BCUT2D eigenvalue weighted by Crippen LogP contribution is -2.15. The zero-order valence-electron chi connectivity index (χ0n) is 23.4. The summed E-state index contributed by atoms with van der Waals surface area (Å²) < 4.78 is 11.1. The van der Waals surface area contributed by atoms with E-state index in [9.17, 15) is 4.79 Å². The van der Waals surface area contributed by atoms with E-state index in [1.807, 2.05) is 13.8 Å². The maximum Gasteiger partial charge on any atom is 0.306 e. The second kappa shape index (κ2) is 10.8. The van der Waals surface area contributed by atoms with Gasteiger partial charge in [0, 0.05) is 16.5 Å². The number of aryl methyl sites for hydroxylation is 1. The second-order valence-corrected chi connectivity index (χ2v) is 11.2. The van der Waals surface area contributed by atoms with E-state index < -0.39 is 0 Å². The molecule has 0 aliphatic heterocycles. The standard InChI is InChI=1S/C36H35NO3/c1-4-39-34(38)23-36(19-20-36)32-17-15-28(16-18-32)27-9-12-29(13-10-27)35-33(25(3)37-40-35)21-24(2)30-14-11-26-7-5-6-8-31(26)22-30/h5-18,22,24H,4,19-21,23H2,1-3H3. The van der Waals surface area contributed by atoms with Gasteiger partial charge in [-0.25, -0.2) is 0 Å². The molecule has 40 heavy (non-hydrogen) atoms. The van der Waals surface area contributed by atoms with Gasteiger partial charge in [-0.05, 0) is 72.1 Å². The summed E-state index contributed by atoms with van der Waals surface area (Å²) in [5.74, 6) is 1.08. The van der Waals surface area contributed by atoms with Crippen LogP contribution in [-0.4, -0.2) is 17.7 Å². The zero-order valence-corrected chi connectivity index (χ0v) is 23.4. The Morgan fingerprint density at radius 3 is 2.23 bits per heavy atom. The Labute approximate surface area is 236 Å². The van der Waals surface area contributed by atoms with Crippen LogP contribution in [-0.2, 0) is 21.4 Å². The Morgan fingerprint density at radius 2 is 1.55 bits per heavy atom. The number of ether oxygens (including phenoxy) is 1. The first kappa shape index (κ1) is 26.1. The Hall–Kier alpha value is -4.18. The molecule has 1 aliphatic rings. The van der Waals surface area contributed by atoms with E-state index in [0.717, 1.165) is 53.0 Å². The molecular weight excluding hydrogens is 494 g/mol. The molecule has 0 amide bonds. The number of rotatable bonds is 9. The van der Waals surface area contributed by atoms with Gasteiger partial charge in [-0.3, -0.25) is 4.79 Å². The van der Waals surface area contributed by atoms with Crippen LogP contribution in [0, 0.1) is 6.92 Å². The van der Waals surface area contributed by atoms with E-state index >= 15 is 0 Å². The van der Waals surface area contributed by atoms with Gasteiger partial charge in [0.2, 0.25) is 0 Å². The highest BCUT2D eigenvalue weighted by molar-refractivity contribution is 5.83. The Bertz CT molecular complexity index is 1640. The molecule has 4 nitrogen and oxygen atoms in total. The number of nitrogens with zero attached hydrogens (tertiary/aromatic N) is 1. The van der Waals surface area contributed by atoms with Crippen molar-refractivity contribution < 1.29 is 14.1 Å². The number of benzene rings is 4. The SMILES string of the molecule is CCOC(=O)CC1(c2ccc(-c3ccc(-c4onc(C)c4CC(C)c4ccc5ccccc5c4)cc3)cc2)CC1. The minimum absolute atomic E-state index is 0.0425. The lowest BCUT2D eigenvalue weighted by atomic mass is 9.90. The molecule has 0 spiro atoms. The molecule has 1 heterocycles. The van der Waals surface area contributed by atoms with E-state index in [2.05, 4.69) is 103 Å². The topological polar surface area (TPSA) is 52.3 Å². The van der Waals surface area contributed by atoms with E-state index in [1.54, 1.807) is 0 Å². The molecule has 0 saturated heterocycles. The van der Waals surface area contributed by atoms with Crippen LogP contribution in [0.25, 0.3) is 33.2 Å². The third kappa shape index (κ3) is 5.19. The predicted molar refractivity (Wildman–Crippen MR) is 160 cm³/mol.